The molecule has 0 fully saturated rings. The quantitative estimate of drug-likeness (QED) is 0.358. The molecule has 1 unspecified atom stereocenters. The Kier molecular flexibility index (Phi) is 3.41. The maximum Gasteiger partial charge on any atom is 0.353 e. The van der Waals surface area contributed by atoms with Gasteiger partial charge in [-0.15, -0.1) is 0 Å². The minimum absolute atomic E-state index is 0.737. The lowest BCUT2D eigenvalue weighted by Crippen LogP contribution is -2.18. The molecule has 0 aromatic carbocycles. The monoisotopic (exact) mass is 196 g/mol. The number of carbonyl (C=O) groups is 2. The Labute approximate surface area is 59.9 Å². The van der Waals surface area contributed by atoms with Crippen molar-refractivity contribution >= 4 is 27.9 Å². The summed E-state index contributed by atoms with van der Waals surface area (Å²) in [6, 6.07) is 0. The summed E-state index contributed by atoms with van der Waals surface area (Å²) in [5.41, 5.74) is 0. The van der Waals surface area contributed by atoms with Crippen molar-refractivity contribution in [1.82, 2.24) is 0 Å². The van der Waals surface area contributed by atoms with Gasteiger partial charge in [-0.1, -0.05) is 0 Å². The molecule has 0 rings (SSSR count). The molecular weight excluding hydrogens is 192 g/mol. The second-order valence-electron chi connectivity index (χ2n) is 1.25. The predicted molar refractivity (Wildman–Crippen MR) is 31.7 cm³/mol. The van der Waals surface area contributed by atoms with E-state index in [-0.39, 0.29) is 0 Å². The molecule has 0 heterocycles. The number of esters is 2. The summed E-state index contributed by atoms with van der Waals surface area (Å²) in [5.74, 6) is -1.74. The van der Waals surface area contributed by atoms with Crippen LogP contribution >= 0.6 is 15.9 Å². The van der Waals surface area contributed by atoms with Crippen molar-refractivity contribution in [2.24, 2.45) is 0 Å². The van der Waals surface area contributed by atoms with E-state index in [1.54, 1.807) is 0 Å². The van der Waals surface area contributed by atoms with Gasteiger partial charge in [-0.25, -0.2) is 4.79 Å². The van der Waals surface area contributed by atoms with E-state index in [4.69, 9.17) is 5.11 Å². The van der Waals surface area contributed by atoms with Crippen LogP contribution in [0.1, 0.15) is 6.92 Å². The Bertz CT molecular complexity index is 131. The van der Waals surface area contributed by atoms with Crippen molar-refractivity contribution < 1.29 is 19.4 Å². The van der Waals surface area contributed by atoms with Crippen LogP contribution in [0.3, 0.4) is 0 Å². The molecule has 0 aliphatic rings. The fourth-order valence-corrected chi connectivity index (χ4v) is 0.284. The van der Waals surface area contributed by atoms with E-state index in [0.717, 1.165) is 6.92 Å². The Hall–Kier alpha value is -0.420. The van der Waals surface area contributed by atoms with Gasteiger partial charge in [0.05, 0.1) is 0 Å². The Morgan fingerprint density at radius 3 is 2.22 bits per heavy atom. The highest BCUT2D eigenvalue weighted by Gasteiger charge is 2.13. The molecular formula is C4H5BrO4. The fourth-order valence-electron chi connectivity index (χ4n) is 0.190. The number of hydrogen-bond donors (Lipinski definition) is 1. The topological polar surface area (TPSA) is 63.6 Å². The molecule has 1 atom stereocenters. The van der Waals surface area contributed by atoms with E-state index >= 15 is 0 Å². The third kappa shape index (κ3) is 4.11. The molecule has 0 bridgehead atoms. The number of hydrogen-bond acceptors (Lipinski definition) is 4. The summed E-state index contributed by atoms with van der Waals surface area (Å²) in [4.78, 5) is 20.2. The molecule has 4 nitrogen and oxygen atoms in total. The van der Waals surface area contributed by atoms with Crippen molar-refractivity contribution in [2.75, 3.05) is 0 Å². The summed E-state index contributed by atoms with van der Waals surface area (Å²) >= 11 is 2.50. The number of aliphatic hydroxyl groups excluding tert-OH is 1. The molecule has 0 aliphatic heterocycles. The van der Waals surface area contributed by atoms with Gasteiger partial charge in [0, 0.05) is 6.92 Å². The lowest BCUT2D eigenvalue weighted by atomic mass is 10.7. The van der Waals surface area contributed by atoms with Crippen LogP contribution in [0.2, 0.25) is 0 Å². The van der Waals surface area contributed by atoms with Crippen molar-refractivity contribution in [3.63, 3.8) is 0 Å². The smallest absolute Gasteiger partial charge is 0.353 e. The summed E-state index contributed by atoms with van der Waals surface area (Å²) in [6.45, 7) is 1.08. The Morgan fingerprint density at radius 2 is 2.11 bits per heavy atom. The van der Waals surface area contributed by atoms with Crippen molar-refractivity contribution in [2.45, 2.75) is 11.9 Å². The minimum atomic E-state index is -1.42. The highest BCUT2D eigenvalue weighted by molar-refractivity contribution is 9.09. The van der Waals surface area contributed by atoms with E-state index in [2.05, 4.69) is 20.7 Å². The fraction of sp³-hybridized carbons (Fsp3) is 0.500. The number of ether oxygens (including phenoxy) is 1. The van der Waals surface area contributed by atoms with Crippen LogP contribution in [0.25, 0.3) is 0 Å². The highest BCUT2D eigenvalue weighted by Crippen LogP contribution is 1.96. The van der Waals surface area contributed by atoms with Gasteiger partial charge >= 0.3 is 11.9 Å². The van der Waals surface area contributed by atoms with Gasteiger partial charge in [-0.2, -0.15) is 0 Å². The second kappa shape index (κ2) is 3.58. The van der Waals surface area contributed by atoms with Gasteiger partial charge in [0.1, 0.15) is 0 Å². The molecule has 0 aliphatic carbocycles. The van der Waals surface area contributed by atoms with Gasteiger partial charge in [-0.05, 0) is 15.9 Å². The normalized spacial score (nSPS) is 12.3. The second-order valence-corrected chi connectivity index (χ2v) is 2.12. The summed E-state index contributed by atoms with van der Waals surface area (Å²) in [7, 11) is 0. The first-order valence-corrected chi connectivity index (χ1v) is 3.00. The minimum Gasteiger partial charge on any atom is -0.391 e. The van der Waals surface area contributed by atoms with Gasteiger partial charge in [0.25, 0.3) is 0 Å². The molecule has 1 N–H and O–H groups in total. The summed E-state index contributed by atoms with van der Waals surface area (Å²) < 4.78 is 3.94. The number of alkyl halides is 1. The molecule has 5 heteroatoms. The first-order chi connectivity index (χ1) is 4.04. The zero-order valence-corrected chi connectivity index (χ0v) is 6.21. The van der Waals surface area contributed by atoms with E-state index < -0.39 is 17.0 Å². The van der Waals surface area contributed by atoms with Crippen LogP contribution in [-0.2, 0) is 14.3 Å². The standard InChI is InChI=1S/C4H5BrO4/c1-2(6)9-4(8)3(5)7/h3,7H,1H3. The average Bonchev–Trinajstić information content (AvgIpc) is 1.63. The van der Waals surface area contributed by atoms with E-state index in [1.165, 1.54) is 0 Å². The van der Waals surface area contributed by atoms with Gasteiger partial charge in [0.2, 0.25) is 5.01 Å². The molecule has 52 valence electrons. The maximum atomic E-state index is 10.2. The van der Waals surface area contributed by atoms with E-state index in [1.807, 2.05) is 0 Å². The van der Waals surface area contributed by atoms with Crippen molar-refractivity contribution in [3.8, 4) is 0 Å². The number of carbonyl (C=O) groups excluding carboxylic acids is 2. The van der Waals surface area contributed by atoms with Crippen LogP contribution in [0.5, 0.6) is 0 Å². The average molecular weight is 197 g/mol. The molecule has 0 saturated heterocycles. The number of aliphatic hydroxyl groups is 1. The maximum absolute atomic E-state index is 10.2. The van der Waals surface area contributed by atoms with Crippen molar-refractivity contribution in [1.29, 1.82) is 0 Å². The predicted octanol–water partition coefficient (Wildman–Crippen LogP) is -0.211. The molecule has 0 radical (unpaired) electrons. The number of rotatable bonds is 1. The third-order valence-corrected chi connectivity index (χ3v) is 0.813. The molecule has 0 amide bonds. The van der Waals surface area contributed by atoms with Crippen molar-refractivity contribution in [3.05, 3.63) is 0 Å². The Balaban J connectivity index is 3.64. The van der Waals surface area contributed by atoms with Crippen LogP contribution in [0.15, 0.2) is 0 Å². The van der Waals surface area contributed by atoms with E-state index in [9.17, 15) is 9.59 Å². The van der Waals surface area contributed by atoms with Crippen LogP contribution < -0.4 is 0 Å². The molecule has 0 aromatic rings. The molecule has 0 saturated carbocycles. The van der Waals surface area contributed by atoms with Crippen LogP contribution in [-0.4, -0.2) is 22.1 Å². The van der Waals surface area contributed by atoms with Crippen LogP contribution in [0, 0.1) is 0 Å². The van der Waals surface area contributed by atoms with Gasteiger partial charge in [0.15, 0.2) is 0 Å². The zero-order valence-electron chi connectivity index (χ0n) is 4.63. The highest BCUT2D eigenvalue weighted by atomic mass is 79.9. The lowest BCUT2D eigenvalue weighted by Gasteiger charge is -1.98. The summed E-state index contributed by atoms with van der Waals surface area (Å²) in [6.07, 6.45) is 0. The van der Waals surface area contributed by atoms with E-state index in [0.29, 0.717) is 0 Å². The van der Waals surface area contributed by atoms with Gasteiger partial charge < -0.3 is 9.84 Å². The van der Waals surface area contributed by atoms with Crippen LogP contribution in [0.4, 0.5) is 0 Å². The zero-order chi connectivity index (χ0) is 7.44. The SMILES string of the molecule is CC(=O)OC(=O)C(O)Br. The third-order valence-electron chi connectivity index (χ3n) is 0.439. The summed E-state index contributed by atoms with van der Waals surface area (Å²) in [5, 5.41) is 6.94. The lowest BCUT2D eigenvalue weighted by molar-refractivity contribution is -0.161. The molecule has 0 aromatic heterocycles. The Morgan fingerprint density at radius 1 is 1.67 bits per heavy atom. The molecule has 0 spiro atoms. The number of halogens is 1. The largest absolute Gasteiger partial charge is 0.391 e. The van der Waals surface area contributed by atoms with Gasteiger partial charge in [-0.3, -0.25) is 4.79 Å². The first-order valence-electron chi connectivity index (χ1n) is 2.08. The molecule has 9 heavy (non-hydrogen) atoms. The first kappa shape index (κ1) is 8.58.